The third-order valence-electron chi connectivity index (χ3n) is 3.34. The number of nitrogens with zero attached hydrogens (tertiary/aromatic N) is 1. The van der Waals surface area contributed by atoms with Crippen LogP contribution in [0, 0.1) is 0 Å². The fraction of sp³-hybridized carbons (Fsp3) is 0.647. The monoisotopic (exact) mass is 263 g/mol. The van der Waals surface area contributed by atoms with Crippen molar-refractivity contribution in [2.75, 3.05) is 26.7 Å². The molecule has 0 radical (unpaired) electrons. The summed E-state index contributed by atoms with van der Waals surface area (Å²) in [6.07, 6.45) is 7.67. The molecule has 1 rings (SSSR count). The van der Waals surface area contributed by atoms with E-state index in [0.29, 0.717) is 0 Å². The van der Waals surface area contributed by atoms with Gasteiger partial charge in [-0.2, -0.15) is 0 Å². The lowest BCUT2D eigenvalue weighted by atomic mass is 10.2. The van der Waals surface area contributed by atoms with Crippen molar-refractivity contribution in [2.24, 2.45) is 0 Å². The molecule has 0 aromatic heterocycles. The van der Waals surface area contributed by atoms with Crippen LogP contribution in [0.25, 0.3) is 0 Å². The summed E-state index contributed by atoms with van der Waals surface area (Å²) in [6, 6.07) is 10.1. The van der Waals surface area contributed by atoms with Crippen molar-refractivity contribution in [2.45, 2.75) is 45.4 Å². The van der Waals surface area contributed by atoms with Crippen LogP contribution in [-0.2, 0) is 0 Å². The van der Waals surface area contributed by atoms with Crippen molar-refractivity contribution in [1.82, 2.24) is 4.90 Å². The zero-order chi connectivity index (χ0) is 13.8. The van der Waals surface area contributed by atoms with Gasteiger partial charge < -0.3 is 9.64 Å². The van der Waals surface area contributed by atoms with E-state index < -0.39 is 0 Å². The van der Waals surface area contributed by atoms with E-state index in [-0.39, 0.29) is 0 Å². The fourth-order valence-corrected chi connectivity index (χ4v) is 2.08. The van der Waals surface area contributed by atoms with Crippen LogP contribution < -0.4 is 4.74 Å². The smallest absolute Gasteiger partial charge is 0.119 e. The number of rotatable bonds is 11. The Kier molecular flexibility index (Phi) is 9.17. The summed E-state index contributed by atoms with van der Waals surface area (Å²) in [5.74, 6) is 0.988. The van der Waals surface area contributed by atoms with Crippen molar-refractivity contribution >= 4 is 0 Å². The maximum absolute atomic E-state index is 5.68. The largest absolute Gasteiger partial charge is 0.494 e. The summed E-state index contributed by atoms with van der Waals surface area (Å²) in [5.41, 5.74) is 0. The van der Waals surface area contributed by atoms with Crippen molar-refractivity contribution < 1.29 is 4.74 Å². The number of unbranched alkanes of at least 4 members (excludes halogenated alkanes) is 4. The first-order valence-electron chi connectivity index (χ1n) is 7.69. The Hall–Kier alpha value is -1.02. The zero-order valence-electron chi connectivity index (χ0n) is 12.6. The molecule has 1 aromatic rings. The molecule has 0 bridgehead atoms. The van der Waals surface area contributed by atoms with Gasteiger partial charge in [-0.1, -0.05) is 44.4 Å². The molecule has 2 nitrogen and oxygen atoms in total. The number of benzene rings is 1. The molecule has 0 aliphatic rings. The van der Waals surface area contributed by atoms with Crippen LogP contribution in [0.1, 0.15) is 45.4 Å². The van der Waals surface area contributed by atoms with E-state index >= 15 is 0 Å². The van der Waals surface area contributed by atoms with Crippen LogP contribution in [0.4, 0.5) is 0 Å². The third kappa shape index (κ3) is 8.66. The van der Waals surface area contributed by atoms with Gasteiger partial charge in [0.25, 0.3) is 0 Å². The first-order chi connectivity index (χ1) is 9.33. The second-order valence-electron chi connectivity index (χ2n) is 5.23. The van der Waals surface area contributed by atoms with Crippen LogP contribution in [-0.4, -0.2) is 31.6 Å². The van der Waals surface area contributed by atoms with E-state index in [1.54, 1.807) is 0 Å². The van der Waals surface area contributed by atoms with Crippen molar-refractivity contribution in [1.29, 1.82) is 0 Å². The lowest BCUT2D eigenvalue weighted by Gasteiger charge is -2.15. The normalized spacial score (nSPS) is 10.9. The topological polar surface area (TPSA) is 12.5 Å². The Morgan fingerprint density at radius 2 is 1.58 bits per heavy atom. The molecule has 0 N–H and O–H groups in total. The van der Waals surface area contributed by atoms with Gasteiger partial charge in [0.1, 0.15) is 5.75 Å². The average molecular weight is 263 g/mol. The third-order valence-corrected chi connectivity index (χ3v) is 3.34. The maximum Gasteiger partial charge on any atom is 0.119 e. The molecule has 0 saturated carbocycles. The molecule has 1 aromatic carbocycles. The van der Waals surface area contributed by atoms with Crippen molar-refractivity contribution in [3.8, 4) is 5.75 Å². The summed E-state index contributed by atoms with van der Waals surface area (Å²) in [4.78, 5) is 2.45. The van der Waals surface area contributed by atoms with Gasteiger partial charge >= 0.3 is 0 Å². The summed E-state index contributed by atoms with van der Waals surface area (Å²) >= 11 is 0. The quantitative estimate of drug-likeness (QED) is 0.550. The minimum absolute atomic E-state index is 0.843. The minimum atomic E-state index is 0.843. The zero-order valence-corrected chi connectivity index (χ0v) is 12.6. The highest BCUT2D eigenvalue weighted by Gasteiger charge is 1.97. The van der Waals surface area contributed by atoms with Gasteiger partial charge in [-0.25, -0.2) is 0 Å². The number of ether oxygens (including phenoxy) is 1. The second-order valence-corrected chi connectivity index (χ2v) is 5.23. The van der Waals surface area contributed by atoms with E-state index in [4.69, 9.17) is 4.74 Å². The first kappa shape index (κ1) is 16.0. The van der Waals surface area contributed by atoms with Crippen molar-refractivity contribution in [3.63, 3.8) is 0 Å². The molecule has 0 fully saturated rings. The molecule has 108 valence electrons. The second kappa shape index (κ2) is 10.9. The Morgan fingerprint density at radius 3 is 2.32 bits per heavy atom. The highest BCUT2D eigenvalue weighted by Crippen LogP contribution is 2.09. The molecule has 0 spiro atoms. The minimum Gasteiger partial charge on any atom is -0.494 e. The molecule has 2 heteroatoms. The standard InChI is InChI=1S/C17H29NO/c1-3-4-14-18(2)15-10-5-6-11-16-19-17-12-8-7-9-13-17/h7-9,12-13H,3-6,10-11,14-16H2,1-2H3. The van der Waals surface area contributed by atoms with E-state index in [1.165, 1.54) is 45.2 Å². The van der Waals surface area contributed by atoms with E-state index in [2.05, 4.69) is 18.9 Å². The average Bonchev–Trinajstić information content (AvgIpc) is 2.45. The number of hydrogen-bond donors (Lipinski definition) is 0. The van der Waals surface area contributed by atoms with Gasteiger partial charge in [0, 0.05) is 0 Å². The molecule has 0 amide bonds. The van der Waals surface area contributed by atoms with Crippen LogP contribution in [0.15, 0.2) is 30.3 Å². The van der Waals surface area contributed by atoms with Crippen LogP contribution in [0.3, 0.4) is 0 Å². The van der Waals surface area contributed by atoms with Gasteiger partial charge in [0.15, 0.2) is 0 Å². The molecule has 0 saturated heterocycles. The summed E-state index contributed by atoms with van der Waals surface area (Å²) in [5, 5.41) is 0. The Labute approximate surface area is 118 Å². The predicted octanol–water partition coefficient (Wildman–Crippen LogP) is 4.36. The van der Waals surface area contributed by atoms with E-state index in [0.717, 1.165) is 18.8 Å². The van der Waals surface area contributed by atoms with E-state index in [1.807, 2.05) is 30.3 Å². The van der Waals surface area contributed by atoms with Crippen LogP contribution in [0.2, 0.25) is 0 Å². The van der Waals surface area contributed by atoms with Gasteiger partial charge in [0.05, 0.1) is 6.61 Å². The maximum atomic E-state index is 5.68. The molecular weight excluding hydrogens is 234 g/mol. The van der Waals surface area contributed by atoms with Crippen LogP contribution in [0.5, 0.6) is 5.75 Å². The Morgan fingerprint density at radius 1 is 0.895 bits per heavy atom. The SMILES string of the molecule is CCCCN(C)CCCCCCOc1ccccc1. The van der Waals surface area contributed by atoms with Crippen LogP contribution >= 0.6 is 0 Å². The van der Waals surface area contributed by atoms with Gasteiger partial charge in [-0.15, -0.1) is 0 Å². The fourth-order valence-electron chi connectivity index (χ4n) is 2.08. The van der Waals surface area contributed by atoms with E-state index in [9.17, 15) is 0 Å². The van der Waals surface area contributed by atoms with Gasteiger partial charge in [0.2, 0.25) is 0 Å². The summed E-state index contributed by atoms with van der Waals surface area (Å²) < 4.78 is 5.68. The molecule has 0 atom stereocenters. The van der Waals surface area contributed by atoms with Gasteiger partial charge in [-0.05, 0) is 51.5 Å². The van der Waals surface area contributed by atoms with Gasteiger partial charge in [-0.3, -0.25) is 0 Å². The first-order valence-corrected chi connectivity index (χ1v) is 7.69. The molecule has 0 aliphatic heterocycles. The molecular formula is C17H29NO. The molecule has 0 unspecified atom stereocenters. The summed E-state index contributed by atoms with van der Waals surface area (Å²) in [6.45, 7) is 5.57. The highest BCUT2D eigenvalue weighted by atomic mass is 16.5. The lowest BCUT2D eigenvalue weighted by Crippen LogP contribution is -2.20. The summed E-state index contributed by atoms with van der Waals surface area (Å²) in [7, 11) is 2.23. The molecule has 0 heterocycles. The highest BCUT2D eigenvalue weighted by molar-refractivity contribution is 5.20. The number of para-hydroxylation sites is 1. The number of hydrogen-bond acceptors (Lipinski definition) is 2. The Bertz CT molecular complexity index is 299. The molecule has 0 aliphatic carbocycles. The lowest BCUT2D eigenvalue weighted by molar-refractivity contribution is 0.295. The molecule has 19 heavy (non-hydrogen) atoms. The predicted molar refractivity (Wildman–Crippen MR) is 82.8 cm³/mol. The Balaban J connectivity index is 1.89. The van der Waals surface area contributed by atoms with Crippen molar-refractivity contribution in [3.05, 3.63) is 30.3 Å².